The Balaban J connectivity index is 1.82. The van der Waals surface area contributed by atoms with E-state index in [0.29, 0.717) is 11.3 Å². The van der Waals surface area contributed by atoms with E-state index in [1.54, 1.807) is 6.20 Å². The first-order chi connectivity index (χ1) is 10.1. The van der Waals surface area contributed by atoms with E-state index in [9.17, 15) is 8.78 Å². The molecule has 4 nitrogen and oxygen atoms in total. The second-order valence-electron chi connectivity index (χ2n) is 4.47. The van der Waals surface area contributed by atoms with Gasteiger partial charge >= 0.3 is 0 Å². The molecule has 21 heavy (non-hydrogen) atoms. The van der Waals surface area contributed by atoms with Crippen molar-refractivity contribution in [2.24, 2.45) is 0 Å². The number of pyridine rings is 1. The Kier molecular flexibility index (Phi) is 3.35. The van der Waals surface area contributed by atoms with E-state index in [4.69, 9.17) is 4.42 Å². The fraction of sp³-hybridized carbons (Fsp3) is 0.0667. The number of benzene rings is 1. The van der Waals surface area contributed by atoms with E-state index in [1.807, 2.05) is 19.1 Å². The number of anilines is 2. The van der Waals surface area contributed by atoms with Gasteiger partial charge in [-0.15, -0.1) is 0 Å². The molecule has 0 aliphatic rings. The number of hydrogen-bond acceptors (Lipinski definition) is 4. The number of nitrogens with zero attached hydrogens (tertiary/aromatic N) is 2. The lowest BCUT2D eigenvalue weighted by molar-refractivity contribution is 0.508. The lowest BCUT2D eigenvalue weighted by Gasteiger charge is -2.01. The molecule has 0 bridgehead atoms. The third kappa shape index (κ3) is 2.89. The molecule has 2 heterocycles. The second-order valence-corrected chi connectivity index (χ2v) is 4.47. The summed E-state index contributed by atoms with van der Waals surface area (Å²) in [5, 5.41) is 2.94. The monoisotopic (exact) mass is 287 g/mol. The quantitative estimate of drug-likeness (QED) is 0.789. The van der Waals surface area contributed by atoms with E-state index < -0.39 is 11.6 Å². The van der Waals surface area contributed by atoms with Crippen molar-refractivity contribution >= 4 is 11.7 Å². The maximum Gasteiger partial charge on any atom is 0.299 e. The molecule has 106 valence electrons. The van der Waals surface area contributed by atoms with E-state index in [1.165, 1.54) is 12.3 Å². The zero-order valence-corrected chi connectivity index (χ0v) is 11.1. The van der Waals surface area contributed by atoms with Crippen LogP contribution < -0.4 is 5.32 Å². The van der Waals surface area contributed by atoms with Crippen molar-refractivity contribution in [3.8, 4) is 11.3 Å². The van der Waals surface area contributed by atoms with Gasteiger partial charge in [0.25, 0.3) is 6.01 Å². The number of rotatable bonds is 3. The van der Waals surface area contributed by atoms with Gasteiger partial charge in [0, 0.05) is 11.3 Å². The Labute approximate surface area is 119 Å². The number of halogens is 2. The minimum absolute atomic E-state index is 0.250. The fourth-order valence-electron chi connectivity index (χ4n) is 1.78. The molecule has 1 N–H and O–H groups in total. The lowest BCUT2D eigenvalue weighted by atomic mass is 10.2. The van der Waals surface area contributed by atoms with Gasteiger partial charge in [0.1, 0.15) is 0 Å². The first kappa shape index (κ1) is 13.2. The van der Waals surface area contributed by atoms with Crippen molar-refractivity contribution < 1.29 is 13.2 Å². The second kappa shape index (κ2) is 5.32. The van der Waals surface area contributed by atoms with Crippen LogP contribution in [0, 0.1) is 18.6 Å². The Morgan fingerprint density at radius 2 is 1.86 bits per heavy atom. The molecule has 0 saturated heterocycles. The van der Waals surface area contributed by atoms with E-state index in [0.717, 1.165) is 23.5 Å². The van der Waals surface area contributed by atoms with Crippen molar-refractivity contribution in [2.75, 3.05) is 5.32 Å². The maximum absolute atomic E-state index is 13.2. The molecule has 3 aromatic rings. The van der Waals surface area contributed by atoms with Crippen LogP contribution in [0.15, 0.2) is 47.1 Å². The predicted octanol–water partition coefficient (Wildman–Crippen LogP) is 4.07. The molecule has 2 aromatic heterocycles. The van der Waals surface area contributed by atoms with Crippen molar-refractivity contribution in [3.63, 3.8) is 0 Å². The van der Waals surface area contributed by atoms with Gasteiger partial charge < -0.3 is 9.73 Å². The normalized spacial score (nSPS) is 10.6. The molecular formula is C15H11F2N3O. The van der Waals surface area contributed by atoms with Crippen molar-refractivity contribution in [1.29, 1.82) is 0 Å². The molecule has 0 fully saturated rings. The number of hydrogen-bond donors (Lipinski definition) is 1. The summed E-state index contributed by atoms with van der Waals surface area (Å²) in [5.41, 5.74) is 2.03. The van der Waals surface area contributed by atoms with E-state index in [2.05, 4.69) is 15.3 Å². The first-order valence-electron chi connectivity index (χ1n) is 6.23. The molecule has 0 radical (unpaired) electrons. The van der Waals surface area contributed by atoms with Crippen LogP contribution in [-0.4, -0.2) is 9.97 Å². The van der Waals surface area contributed by atoms with Crippen LogP contribution in [-0.2, 0) is 0 Å². The molecule has 0 aliphatic heterocycles. The number of aromatic nitrogens is 2. The summed E-state index contributed by atoms with van der Waals surface area (Å²) in [5.74, 6) is -1.49. The van der Waals surface area contributed by atoms with Crippen LogP contribution >= 0.6 is 0 Å². The Morgan fingerprint density at radius 3 is 2.57 bits per heavy atom. The SMILES string of the molecule is Cc1ccc(Nc2ncc(-c3ccc(F)c(F)c3)o2)cn1. The minimum atomic E-state index is -0.929. The molecule has 0 unspecified atom stereocenters. The van der Waals surface area contributed by atoms with Crippen LogP contribution in [0.5, 0.6) is 0 Å². The van der Waals surface area contributed by atoms with E-state index in [-0.39, 0.29) is 6.01 Å². The van der Waals surface area contributed by atoms with Gasteiger partial charge in [-0.1, -0.05) is 0 Å². The van der Waals surface area contributed by atoms with Gasteiger partial charge in [-0.25, -0.2) is 13.8 Å². The third-order valence-corrected chi connectivity index (χ3v) is 2.87. The summed E-state index contributed by atoms with van der Waals surface area (Å²) in [6.45, 7) is 1.89. The summed E-state index contributed by atoms with van der Waals surface area (Å²) in [7, 11) is 0. The lowest BCUT2D eigenvalue weighted by Crippen LogP contribution is -1.91. The van der Waals surface area contributed by atoms with Crippen LogP contribution in [0.25, 0.3) is 11.3 Å². The summed E-state index contributed by atoms with van der Waals surface area (Å²) >= 11 is 0. The van der Waals surface area contributed by atoms with Gasteiger partial charge in [0.15, 0.2) is 17.4 Å². The molecule has 3 rings (SSSR count). The standard InChI is InChI=1S/C15H11F2N3O/c1-9-2-4-11(7-18-9)20-15-19-8-14(21-15)10-3-5-12(16)13(17)6-10/h2-8H,1H3,(H,19,20). The van der Waals surface area contributed by atoms with Gasteiger partial charge in [0.05, 0.1) is 18.1 Å². The molecule has 0 saturated carbocycles. The molecule has 1 aromatic carbocycles. The van der Waals surface area contributed by atoms with Gasteiger partial charge in [0.2, 0.25) is 0 Å². The average molecular weight is 287 g/mol. The zero-order valence-electron chi connectivity index (χ0n) is 11.1. The highest BCUT2D eigenvalue weighted by molar-refractivity contribution is 5.59. The summed E-state index contributed by atoms with van der Waals surface area (Å²) in [6, 6.07) is 7.47. The Bertz CT molecular complexity index is 769. The molecule has 0 amide bonds. The fourth-order valence-corrected chi connectivity index (χ4v) is 1.78. The highest BCUT2D eigenvalue weighted by Crippen LogP contribution is 2.25. The smallest absolute Gasteiger partial charge is 0.299 e. The molecule has 0 spiro atoms. The summed E-state index contributed by atoms with van der Waals surface area (Å²) < 4.78 is 31.6. The topological polar surface area (TPSA) is 51.0 Å². The molecule has 0 aliphatic carbocycles. The average Bonchev–Trinajstić information content (AvgIpc) is 2.93. The zero-order chi connectivity index (χ0) is 14.8. The van der Waals surface area contributed by atoms with Crippen LogP contribution in [0.3, 0.4) is 0 Å². The Hall–Kier alpha value is -2.76. The van der Waals surface area contributed by atoms with Crippen LogP contribution in [0.2, 0.25) is 0 Å². The number of aryl methyl sites for hydroxylation is 1. The largest absolute Gasteiger partial charge is 0.423 e. The highest BCUT2D eigenvalue weighted by atomic mass is 19.2. The highest BCUT2D eigenvalue weighted by Gasteiger charge is 2.09. The third-order valence-electron chi connectivity index (χ3n) is 2.87. The van der Waals surface area contributed by atoms with Crippen molar-refractivity contribution in [1.82, 2.24) is 9.97 Å². The van der Waals surface area contributed by atoms with E-state index >= 15 is 0 Å². The number of nitrogens with one attached hydrogen (secondary N) is 1. The summed E-state index contributed by atoms with van der Waals surface area (Å²) in [4.78, 5) is 8.18. The predicted molar refractivity (Wildman–Crippen MR) is 74.1 cm³/mol. The first-order valence-corrected chi connectivity index (χ1v) is 6.23. The van der Waals surface area contributed by atoms with Crippen LogP contribution in [0.4, 0.5) is 20.5 Å². The van der Waals surface area contributed by atoms with Gasteiger partial charge in [-0.05, 0) is 37.3 Å². The van der Waals surface area contributed by atoms with Crippen LogP contribution in [0.1, 0.15) is 5.69 Å². The minimum Gasteiger partial charge on any atom is -0.423 e. The van der Waals surface area contributed by atoms with Gasteiger partial charge in [-0.3, -0.25) is 4.98 Å². The van der Waals surface area contributed by atoms with Gasteiger partial charge in [-0.2, -0.15) is 0 Å². The molecule has 0 atom stereocenters. The molecular weight excluding hydrogens is 276 g/mol. The number of oxazole rings is 1. The maximum atomic E-state index is 13.2. The summed E-state index contributed by atoms with van der Waals surface area (Å²) in [6.07, 6.45) is 3.09. The van der Waals surface area contributed by atoms with Crippen molar-refractivity contribution in [2.45, 2.75) is 6.92 Å². The van der Waals surface area contributed by atoms with Crippen molar-refractivity contribution in [3.05, 3.63) is 60.1 Å². The Morgan fingerprint density at radius 1 is 1.00 bits per heavy atom. The molecule has 6 heteroatoms.